The summed E-state index contributed by atoms with van der Waals surface area (Å²) in [5, 5.41) is 11.6. The Morgan fingerprint density at radius 3 is 2.90 bits per heavy atom. The molecule has 7 nitrogen and oxygen atoms in total. The van der Waals surface area contributed by atoms with E-state index >= 15 is 0 Å². The third-order valence-electron chi connectivity index (χ3n) is 3.24. The van der Waals surface area contributed by atoms with Crippen molar-refractivity contribution in [3.8, 4) is 0 Å². The molecule has 1 unspecified atom stereocenters. The Labute approximate surface area is 116 Å². The van der Waals surface area contributed by atoms with Crippen LogP contribution in [0.5, 0.6) is 0 Å². The largest absolute Gasteiger partial charge is 0.480 e. The lowest BCUT2D eigenvalue weighted by Crippen LogP contribution is -2.59. The van der Waals surface area contributed by atoms with Gasteiger partial charge in [-0.3, -0.25) is 9.59 Å². The fourth-order valence-electron chi connectivity index (χ4n) is 2.27. The van der Waals surface area contributed by atoms with Crippen molar-refractivity contribution >= 4 is 17.8 Å². The number of nitrogens with one attached hydrogen (secondary N) is 1. The van der Waals surface area contributed by atoms with Crippen molar-refractivity contribution in [2.45, 2.75) is 25.9 Å². The van der Waals surface area contributed by atoms with Crippen molar-refractivity contribution in [3.63, 3.8) is 0 Å². The average Bonchev–Trinajstić information content (AvgIpc) is 2.86. The summed E-state index contributed by atoms with van der Waals surface area (Å²) >= 11 is 0. The molecule has 2 rings (SSSR count). The summed E-state index contributed by atoms with van der Waals surface area (Å²) < 4.78 is 1.77. The maximum atomic E-state index is 12.5. The normalized spacial score (nSPS) is 18.8. The van der Waals surface area contributed by atoms with Gasteiger partial charge < -0.3 is 19.9 Å². The van der Waals surface area contributed by atoms with Crippen LogP contribution in [0.25, 0.3) is 0 Å². The molecule has 0 radical (unpaired) electrons. The van der Waals surface area contributed by atoms with Gasteiger partial charge in [0.25, 0.3) is 5.91 Å². The number of rotatable bonds is 4. The topological polar surface area (TPSA) is 91.6 Å². The fourth-order valence-corrected chi connectivity index (χ4v) is 2.27. The molecular formula is C13H17N3O4. The third kappa shape index (κ3) is 2.66. The predicted molar refractivity (Wildman–Crippen MR) is 70.2 cm³/mol. The van der Waals surface area contributed by atoms with Gasteiger partial charge in [0.15, 0.2) is 0 Å². The highest BCUT2D eigenvalue weighted by Crippen LogP contribution is 2.13. The lowest BCUT2D eigenvalue weighted by Gasteiger charge is -2.32. The first-order chi connectivity index (χ1) is 9.54. The zero-order chi connectivity index (χ0) is 14.7. The van der Waals surface area contributed by atoms with Crippen molar-refractivity contribution in [2.24, 2.45) is 0 Å². The quantitative estimate of drug-likeness (QED) is 0.806. The number of amides is 2. The van der Waals surface area contributed by atoms with Crippen LogP contribution in [0.3, 0.4) is 0 Å². The molecule has 108 valence electrons. The predicted octanol–water partition coefficient (Wildman–Crippen LogP) is -0.0767. The minimum Gasteiger partial charge on any atom is -0.480 e. The lowest BCUT2D eigenvalue weighted by atomic mass is 10.1. The summed E-state index contributed by atoms with van der Waals surface area (Å²) in [7, 11) is 0. The monoisotopic (exact) mass is 279 g/mol. The van der Waals surface area contributed by atoms with Crippen molar-refractivity contribution < 1.29 is 19.5 Å². The molecule has 1 aliphatic heterocycles. The summed E-state index contributed by atoms with van der Waals surface area (Å²) in [6.45, 7) is 2.37. The van der Waals surface area contributed by atoms with Crippen molar-refractivity contribution in [1.82, 2.24) is 14.8 Å². The maximum Gasteiger partial charge on any atom is 0.328 e. The van der Waals surface area contributed by atoms with E-state index in [1.54, 1.807) is 22.9 Å². The van der Waals surface area contributed by atoms with Crippen molar-refractivity contribution in [3.05, 3.63) is 24.0 Å². The summed E-state index contributed by atoms with van der Waals surface area (Å²) in [5.41, 5.74) is 0.410. The van der Waals surface area contributed by atoms with Gasteiger partial charge in [-0.15, -0.1) is 0 Å². The van der Waals surface area contributed by atoms with E-state index in [1.165, 1.54) is 0 Å². The van der Waals surface area contributed by atoms with Crippen LogP contribution >= 0.6 is 0 Å². The Balaban J connectivity index is 2.26. The highest BCUT2D eigenvalue weighted by molar-refractivity contribution is 5.99. The molecule has 0 bridgehead atoms. The molecule has 1 atom stereocenters. The molecule has 0 aromatic carbocycles. The minimum absolute atomic E-state index is 0.0611. The second-order valence-corrected chi connectivity index (χ2v) is 4.68. The van der Waals surface area contributed by atoms with Crippen LogP contribution in [0.1, 0.15) is 23.8 Å². The number of carboxylic acid groups (broad SMARTS) is 1. The molecule has 20 heavy (non-hydrogen) atoms. The van der Waals surface area contributed by atoms with E-state index in [9.17, 15) is 14.4 Å². The van der Waals surface area contributed by atoms with Crippen molar-refractivity contribution in [2.75, 3.05) is 13.1 Å². The van der Waals surface area contributed by atoms with Gasteiger partial charge >= 0.3 is 5.97 Å². The van der Waals surface area contributed by atoms with Crippen LogP contribution in [-0.4, -0.2) is 51.5 Å². The van der Waals surface area contributed by atoms with Crippen LogP contribution in [0.2, 0.25) is 0 Å². The number of carbonyl (C=O) groups excluding carboxylic acids is 2. The van der Waals surface area contributed by atoms with Crippen LogP contribution in [0.15, 0.2) is 18.3 Å². The van der Waals surface area contributed by atoms with Gasteiger partial charge in [-0.05, 0) is 18.6 Å². The number of nitrogens with zero attached hydrogens (tertiary/aromatic N) is 2. The number of hydrogen-bond donors (Lipinski definition) is 2. The lowest BCUT2D eigenvalue weighted by molar-refractivity contribution is -0.144. The highest BCUT2D eigenvalue weighted by Gasteiger charge is 2.36. The number of aliphatic carboxylic acids is 1. The number of carbonyl (C=O) groups is 3. The van der Waals surface area contributed by atoms with Crippen LogP contribution in [-0.2, 0) is 16.1 Å². The molecule has 2 N–H and O–H groups in total. The number of aromatic nitrogens is 1. The minimum atomic E-state index is -1.12. The van der Waals surface area contributed by atoms with E-state index in [-0.39, 0.29) is 19.0 Å². The number of piperazine rings is 1. The first-order valence-corrected chi connectivity index (χ1v) is 6.50. The molecule has 0 aliphatic carbocycles. The molecular weight excluding hydrogens is 262 g/mol. The van der Waals surface area contributed by atoms with E-state index in [2.05, 4.69) is 5.32 Å². The van der Waals surface area contributed by atoms with Gasteiger partial charge in [0.2, 0.25) is 5.91 Å². The zero-order valence-corrected chi connectivity index (χ0v) is 11.2. The first kappa shape index (κ1) is 14.1. The van der Waals surface area contributed by atoms with Gasteiger partial charge in [0.05, 0.1) is 0 Å². The number of hydrogen-bond acceptors (Lipinski definition) is 3. The number of aryl methyl sites for hydroxylation is 1. The average molecular weight is 279 g/mol. The van der Waals surface area contributed by atoms with E-state index in [4.69, 9.17) is 5.11 Å². The van der Waals surface area contributed by atoms with E-state index in [0.29, 0.717) is 12.2 Å². The molecule has 1 aromatic rings. The van der Waals surface area contributed by atoms with Gasteiger partial charge in [-0.1, -0.05) is 6.92 Å². The smallest absolute Gasteiger partial charge is 0.328 e. The van der Waals surface area contributed by atoms with Crippen LogP contribution in [0, 0.1) is 0 Å². The molecule has 2 amide bonds. The Kier molecular flexibility index (Phi) is 4.07. The van der Waals surface area contributed by atoms with E-state index in [0.717, 1.165) is 11.3 Å². The van der Waals surface area contributed by atoms with Crippen LogP contribution < -0.4 is 5.32 Å². The van der Waals surface area contributed by atoms with Crippen LogP contribution in [0.4, 0.5) is 0 Å². The molecule has 1 aliphatic rings. The second-order valence-electron chi connectivity index (χ2n) is 4.68. The summed E-state index contributed by atoms with van der Waals surface area (Å²) in [6.07, 6.45) is 2.63. The standard InChI is InChI=1S/C13H17N3O4/c1-2-5-15-6-3-4-9(15)12(18)16-8-11(17)14-7-10(16)13(19)20/h3-4,6,10H,2,5,7-8H2,1H3,(H,14,17)(H,19,20). The van der Waals surface area contributed by atoms with Gasteiger partial charge in [-0.2, -0.15) is 0 Å². The summed E-state index contributed by atoms with van der Waals surface area (Å²) in [4.78, 5) is 36.2. The van der Waals surface area contributed by atoms with Gasteiger partial charge in [0, 0.05) is 19.3 Å². The van der Waals surface area contributed by atoms with E-state index < -0.39 is 17.9 Å². The Bertz CT molecular complexity index is 537. The SMILES string of the molecule is CCCn1cccc1C(=O)N1CC(=O)NCC1C(=O)O. The zero-order valence-electron chi connectivity index (χ0n) is 11.2. The first-order valence-electron chi connectivity index (χ1n) is 6.50. The molecule has 0 saturated carbocycles. The third-order valence-corrected chi connectivity index (χ3v) is 3.24. The molecule has 1 fully saturated rings. The second kappa shape index (κ2) is 5.77. The fraction of sp³-hybridized carbons (Fsp3) is 0.462. The Morgan fingerprint density at radius 2 is 2.25 bits per heavy atom. The summed E-state index contributed by atoms with van der Waals surface area (Å²) in [5.74, 6) is -1.89. The van der Waals surface area contributed by atoms with Gasteiger partial charge in [-0.25, -0.2) is 4.79 Å². The Morgan fingerprint density at radius 1 is 1.50 bits per heavy atom. The van der Waals surface area contributed by atoms with Gasteiger partial charge in [0.1, 0.15) is 18.3 Å². The Hall–Kier alpha value is -2.31. The van der Waals surface area contributed by atoms with E-state index in [1.807, 2.05) is 6.92 Å². The van der Waals surface area contributed by atoms with Crippen molar-refractivity contribution in [1.29, 1.82) is 0 Å². The number of carboxylic acids is 1. The molecule has 1 saturated heterocycles. The highest BCUT2D eigenvalue weighted by atomic mass is 16.4. The molecule has 7 heteroatoms. The summed E-state index contributed by atoms with van der Waals surface area (Å²) in [6, 6.07) is 2.36. The molecule has 2 heterocycles. The molecule has 1 aromatic heterocycles. The molecule has 0 spiro atoms. The maximum absolute atomic E-state index is 12.5.